The molecule has 0 unspecified atom stereocenters. The number of nitrogen functional groups attached to an aromatic ring is 1. The van der Waals surface area contributed by atoms with Gasteiger partial charge in [-0.05, 0) is 31.7 Å². The molecule has 19 heavy (non-hydrogen) atoms. The Morgan fingerprint density at radius 3 is 3.00 bits per heavy atom. The van der Waals surface area contributed by atoms with Gasteiger partial charge < -0.3 is 16.0 Å². The van der Waals surface area contributed by atoms with Gasteiger partial charge in [0.15, 0.2) is 0 Å². The molecule has 1 fully saturated rings. The number of rotatable bonds is 7. The predicted molar refractivity (Wildman–Crippen MR) is 81.9 cm³/mol. The van der Waals surface area contributed by atoms with E-state index in [0.29, 0.717) is 17.1 Å². The van der Waals surface area contributed by atoms with Gasteiger partial charge in [-0.3, -0.25) is 4.79 Å². The minimum atomic E-state index is -0.115. The molecular formula is C14H21N3OS. The number of hydrogen-bond donors (Lipinski definition) is 2. The molecular weight excluding hydrogens is 258 g/mol. The molecule has 0 saturated heterocycles. The van der Waals surface area contributed by atoms with Crippen molar-refractivity contribution in [3.8, 4) is 0 Å². The second-order valence-corrected chi connectivity index (χ2v) is 5.88. The quantitative estimate of drug-likeness (QED) is 0.754. The molecule has 1 amide bonds. The molecule has 0 aromatic carbocycles. The van der Waals surface area contributed by atoms with Gasteiger partial charge >= 0.3 is 0 Å². The van der Waals surface area contributed by atoms with Gasteiger partial charge in [0.05, 0.1) is 10.7 Å². The van der Waals surface area contributed by atoms with E-state index in [0.717, 1.165) is 24.0 Å². The largest absolute Gasteiger partial charge is 0.397 e. The van der Waals surface area contributed by atoms with E-state index in [4.69, 9.17) is 5.73 Å². The standard InChI is InChI=1S/C14H21N3OS/c1-3-7-16-14(18)13-11(15)8-12(19-13)17(4-2)9-10-5-6-10/h3,8,10H,1,4-7,9,15H2,2H3,(H,16,18). The predicted octanol–water partition coefficient (Wildman–Crippen LogP) is 2.48. The first-order valence-corrected chi connectivity index (χ1v) is 7.50. The lowest BCUT2D eigenvalue weighted by atomic mass is 10.3. The van der Waals surface area contributed by atoms with Crippen LogP contribution in [0.5, 0.6) is 0 Å². The van der Waals surface area contributed by atoms with E-state index >= 15 is 0 Å². The summed E-state index contributed by atoms with van der Waals surface area (Å²) in [4.78, 5) is 14.8. The SMILES string of the molecule is C=CCNC(=O)c1sc(N(CC)CC2CC2)cc1N. The lowest BCUT2D eigenvalue weighted by molar-refractivity contribution is 0.0963. The summed E-state index contributed by atoms with van der Waals surface area (Å²) in [6, 6.07) is 1.92. The maximum atomic E-state index is 11.9. The van der Waals surface area contributed by atoms with E-state index in [1.54, 1.807) is 6.08 Å². The van der Waals surface area contributed by atoms with Crippen molar-refractivity contribution in [1.82, 2.24) is 5.32 Å². The number of thiophene rings is 1. The van der Waals surface area contributed by atoms with Crippen molar-refractivity contribution in [2.45, 2.75) is 19.8 Å². The third-order valence-corrected chi connectivity index (χ3v) is 4.44. The zero-order valence-electron chi connectivity index (χ0n) is 11.3. The molecule has 5 heteroatoms. The molecule has 1 aromatic heterocycles. The van der Waals surface area contributed by atoms with Crippen LogP contribution in [0.25, 0.3) is 0 Å². The first kappa shape index (κ1) is 13.9. The first-order valence-electron chi connectivity index (χ1n) is 6.69. The summed E-state index contributed by atoms with van der Waals surface area (Å²) in [6.07, 6.45) is 4.31. The van der Waals surface area contributed by atoms with Gasteiger partial charge in [0, 0.05) is 19.6 Å². The van der Waals surface area contributed by atoms with Crippen LogP contribution in [0.15, 0.2) is 18.7 Å². The van der Waals surface area contributed by atoms with Crippen LogP contribution in [0, 0.1) is 5.92 Å². The molecule has 0 atom stereocenters. The van der Waals surface area contributed by atoms with Crippen molar-refractivity contribution in [1.29, 1.82) is 0 Å². The van der Waals surface area contributed by atoms with Gasteiger partial charge in [0.2, 0.25) is 0 Å². The summed E-state index contributed by atoms with van der Waals surface area (Å²) in [5.41, 5.74) is 6.52. The molecule has 0 aliphatic heterocycles. The van der Waals surface area contributed by atoms with Crippen molar-refractivity contribution in [3.05, 3.63) is 23.6 Å². The van der Waals surface area contributed by atoms with E-state index in [1.165, 1.54) is 24.2 Å². The van der Waals surface area contributed by atoms with Crippen LogP contribution in [0.1, 0.15) is 29.4 Å². The number of nitrogens with zero attached hydrogens (tertiary/aromatic N) is 1. The van der Waals surface area contributed by atoms with Crippen LogP contribution in [-0.2, 0) is 0 Å². The summed E-state index contributed by atoms with van der Waals surface area (Å²) in [5.74, 6) is 0.706. The molecule has 1 saturated carbocycles. The van der Waals surface area contributed by atoms with Crippen molar-refractivity contribution in [3.63, 3.8) is 0 Å². The zero-order valence-corrected chi connectivity index (χ0v) is 12.1. The second-order valence-electron chi connectivity index (χ2n) is 4.85. The average Bonchev–Trinajstić information content (AvgIpc) is 3.14. The van der Waals surface area contributed by atoms with Gasteiger partial charge in [-0.25, -0.2) is 0 Å². The van der Waals surface area contributed by atoms with E-state index < -0.39 is 0 Å². The van der Waals surface area contributed by atoms with Crippen LogP contribution < -0.4 is 16.0 Å². The number of nitrogens with one attached hydrogen (secondary N) is 1. The second kappa shape index (κ2) is 6.10. The molecule has 104 valence electrons. The summed E-state index contributed by atoms with van der Waals surface area (Å²) in [5, 5.41) is 3.86. The normalized spacial score (nSPS) is 14.2. The Balaban J connectivity index is 2.09. The van der Waals surface area contributed by atoms with Crippen molar-refractivity contribution < 1.29 is 4.79 Å². The molecule has 4 nitrogen and oxygen atoms in total. The van der Waals surface area contributed by atoms with E-state index in [9.17, 15) is 4.79 Å². The fraction of sp³-hybridized carbons (Fsp3) is 0.500. The van der Waals surface area contributed by atoms with Crippen molar-refractivity contribution >= 4 is 27.9 Å². The Labute approximate surface area is 118 Å². The summed E-state index contributed by atoms with van der Waals surface area (Å²) < 4.78 is 0. The van der Waals surface area contributed by atoms with Gasteiger partial charge in [0.25, 0.3) is 5.91 Å². The smallest absolute Gasteiger partial charge is 0.263 e. The van der Waals surface area contributed by atoms with Gasteiger partial charge in [-0.1, -0.05) is 6.08 Å². The third-order valence-electron chi connectivity index (χ3n) is 3.23. The highest BCUT2D eigenvalue weighted by molar-refractivity contribution is 7.18. The third kappa shape index (κ3) is 3.50. The van der Waals surface area contributed by atoms with Crippen LogP contribution in [0.2, 0.25) is 0 Å². The molecule has 0 radical (unpaired) electrons. The Morgan fingerprint density at radius 2 is 2.42 bits per heavy atom. The van der Waals surface area contributed by atoms with Gasteiger partial charge in [-0.15, -0.1) is 17.9 Å². The molecule has 2 rings (SSSR count). The van der Waals surface area contributed by atoms with E-state index in [1.807, 2.05) is 6.07 Å². The van der Waals surface area contributed by atoms with Crippen LogP contribution in [0.4, 0.5) is 10.7 Å². The lowest BCUT2D eigenvalue weighted by Gasteiger charge is -2.20. The van der Waals surface area contributed by atoms with Crippen molar-refractivity contribution in [2.24, 2.45) is 5.92 Å². The summed E-state index contributed by atoms with van der Waals surface area (Å²) >= 11 is 1.48. The molecule has 0 spiro atoms. The number of anilines is 2. The number of amides is 1. The number of hydrogen-bond acceptors (Lipinski definition) is 4. The highest BCUT2D eigenvalue weighted by Crippen LogP contribution is 2.36. The van der Waals surface area contributed by atoms with Crippen LogP contribution in [-0.4, -0.2) is 25.5 Å². The highest BCUT2D eigenvalue weighted by Gasteiger charge is 2.25. The molecule has 1 heterocycles. The van der Waals surface area contributed by atoms with Crippen molar-refractivity contribution in [2.75, 3.05) is 30.3 Å². The summed E-state index contributed by atoms with van der Waals surface area (Å²) in [7, 11) is 0. The first-order chi connectivity index (χ1) is 9.15. The fourth-order valence-corrected chi connectivity index (χ4v) is 3.03. The summed E-state index contributed by atoms with van der Waals surface area (Å²) in [6.45, 7) is 8.20. The maximum Gasteiger partial charge on any atom is 0.263 e. The zero-order chi connectivity index (χ0) is 13.8. The van der Waals surface area contributed by atoms with Crippen LogP contribution in [0.3, 0.4) is 0 Å². The number of carbonyl (C=O) groups excluding carboxylic acids is 1. The Bertz CT molecular complexity index is 465. The highest BCUT2D eigenvalue weighted by atomic mass is 32.1. The Morgan fingerprint density at radius 1 is 1.68 bits per heavy atom. The Kier molecular flexibility index (Phi) is 4.47. The maximum absolute atomic E-state index is 11.9. The fourth-order valence-electron chi connectivity index (χ4n) is 1.96. The average molecular weight is 279 g/mol. The number of carbonyl (C=O) groups is 1. The molecule has 3 N–H and O–H groups in total. The minimum Gasteiger partial charge on any atom is -0.397 e. The molecule has 1 aliphatic rings. The van der Waals surface area contributed by atoms with Gasteiger partial charge in [0.1, 0.15) is 4.88 Å². The number of nitrogens with two attached hydrogens (primary N) is 1. The van der Waals surface area contributed by atoms with Gasteiger partial charge in [-0.2, -0.15) is 0 Å². The molecule has 1 aromatic rings. The monoisotopic (exact) mass is 279 g/mol. The van der Waals surface area contributed by atoms with Crippen LogP contribution >= 0.6 is 11.3 Å². The van der Waals surface area contributed by atoms with E-state index in [-0.39, 0.29) is 5.91 Å². The minimum absolute atomic E-state index is 0.115. The van der Waals surface area contributed by atoms with E-state index in [2.05, 4.69) is 23.7 Å². The Hall–Kier alpha value is -1.49. The molecule has 0 bridgehead atoms. The topological polar surface area (TPSA) is 58.4 Å². The lowest BCUT2D eigenvalue weighted by Crippen LogP contribution is -2.24. The molecule has 1 aliphatic carbocycles.